The van der Waals surface area contributed by atoms with Crippen LogP contribution in [0.2, 0.25) is 0 Å². The highest BCUT2D eigenvalue weighted by molar-refractivity contribution is 5.43. The number of nitrogens with one attached hydrogen (secondary N) is 1. The van der Waals surface area contributed by atoms with Gasteiger partial charge in [0.1, 0.15) is 11.4 Å². The number of rotatable bonds is 5. The molecule has 1 aromatic heterocycles. The second-order valence-corrected chi connectivity index (χ2v) is 7.12. The topological polar surface area (TPSA) is 52.0 Å². The van der Waals surface area contributed by atoms with Crippen molar-refractivity contribution < 1.29 is 4.74 Å². The molecule has 128 valence electrons. The van der Waals surface area contributed by atoms with E-state index in [1.54, 1.807) is 0 Å². The molecule has 5 nitrogen and oxygen atoms in total. The molecule has 0 fully saturated rings. The first kappa shape index (κ1) is 15.7. The Morgan fingerprint density at radius 1 is 1.12 bits per heavy atom. The number of aromatic nitrogens is 3. The van der Waals surface area contributed by atoms with Crippen LogP contribution in [0, 0.1) is 0 Å². The summed E-state index contributed by atoms with van der Waals surface area (Å²) in [5.41, 5.74) is 3.60. The van der Waals surface area contributed by atoms with Crippen molar-refractivity contribution in [2.24, 2.45) is 0 Å². The average molecular weight is 334 g/mol. The van der Waals surface area contributed by atoms with Gasteiger partial charge in [-0.2, -0.15) is 0 Å². The van der Waals surface area contributed by atoms with Gasteiger partial charge in [-0.05, 0) is 36.6 Å². The molecule has 0 radical (unpaired) electrons. The molecule has 0 amide bonds. The van der Waals surface area contributed by atoms with Crippen molar-refractivity contribution in [2.45, 2.75) is 39.0 Å². The smallest absolute Gasteiger partial charge is 0.168 e. The van der Waals surface area contributed by atoms with Gasteiger partial charge in [-0.1, -0.05) is 47.7 Å². The molecule has 2 aromatic carbocycles. The van der Waals surface area contributed by atoms with E-state index in [1.807, 2.05) is 29.1 Å². The van der Waals surface area contributed by atoms with Crippen LogP contribution in [0.5, 0.6) is 5.75 Å². The molecule has 0 bridgehead atoms. The summed E-state index contributed by atoms with van der Waals surface area (Å²) < 4.78 is 7.77. The fraction of sp³-hybridized carbons (Fsp3) is 0.300. The summed E-state index contributed by atoms with van der Waals surface area (Å²) in [6.45, 7) is 5.68. The van der Waals surface area contributed by atoms with Gasteiger partial charge < -0.3 is 10.1 Å². The number of fused-ring (bicyclic) bond motifs is 1. The van der Waals surface area contributed by atoms with Crippen molar-refractivity contribution in [3.8, 4) is 5.75 Å². The van der Waals surface area contributed by atoms with Crippen molar-refractivity contribution in [1.82, 2.24) is 15.0 Å². The van der Waals surface area contributed by atoms with Crippen molar-refractivity contribution in [3.05, 3.63) is 71.4 Å². The summed E-state index contributed by atoms with van der Waals surface area (Å²) in [7, 11) is 0. The minimum atomic E-state index is -0.103. The van der Waals surface area contributed by atoms with Gasteiger partial charge in [-0.25, -0.2) is 4.68 Å². The number of hydrogen-bond donors (Lipinski definition) is 1. The number of ether oxygens (including phenoxy) is 1. The van der Waals surface area contributed by atoms with Gasteiger partial charge in [0.25, 0.3) is 0 Å². The largest absolute Gasteiger partial charge is 0.487 e. The second kappa shape index (κ2) is 6.24. The van der Waals surface area contributed by atoms with Crippen LogP contribution in [0.25, 0.3) is 0 Å². The monoisotopic (exact) mass is 334 g/mol. The molecule has 1 aliphatic rings. The molecule has 3 aromatic rings. The molecular formula is C20H22N4O. The van der Waals surface area contributed by atoms with Gasteiger partial charge in [0, 0.05) is 13.0 Å². The summed E-state index contributed by atoms with van der Waals surface area (Å²) >= 11 is 0. The van der Waals surface area contributed by atoms with Crippen molar-refractivity contribution >= 4 is 5.82 Å². The number of nitrogens with zero attached hydrogens (tertiary/aromatic N) is 3. The van der Waals surface area contributed by atoms with Crippen LogP contribution in [-0.4, -0.2) is 20.6 Å². The number of benzene rings is 2. The molecule has 0 saturated heterocycles. The highest BCUT2D eigenvalue weighted by Gasteiger charge is 2.29. The third kappa shape index (κ3) is 3.65. The van der Waals surface area contributed by atoms with E-state index in [9.17, 15) is 0 Å². The molecule has 0 spiro atoms. The van der Waals surface area contributed by atoms with Crippen molar-refractivity contribution in [1.29, 1.82) is 0 Å². The Morgan fingerprint density at radius 2 is 1.96 bits per heavy atom. The zero-order valence-electron chi connectivity index (χ0n) is 14.6. The Morgan fingerprint density at radius 3 is 2.80 bits per heavy atom. The van der Waals surface area contributed by atoms with E-state index >= 15 is 0 Å². The highest BCUT2D eigenvalue weighted by atomic mass is 16.5. The van der Waals surface area contributed by atoms with Crippen molar-refractivity contribution in [3.63, 3.8) is 0 Å². The maximum Gasteiger partial charge on any atom is 0.168 e. The van der Waals surface area contributed by atoms with E-state index in [0.29, 0.717) is 0 Å². The lowest BCUT2D eigenvalue weighted by atomic mass is 10.0. The van der Waals surface area contributed by atoms with Crippen molar-refractivity contribution in [2.75, 3.05) is 5.32 Å². The standard InChI is InChI=1S/C20H22N4O/c1-20(2)11-17-10-16(8-9-18(17)25-20)12-21-19-14-24(23-22-19)13-15-6-4-3-5-7-15/h3-10,14,21H,11-13H2,1-2H3. The molecule has 4 rings (SSSR count). The summed E-state index contributed by atoms with van der Waals surface area (Å²) in [6, 6.07) is 16.6. The first-order chi connectivity index (χ1) is 12.1. The van der Waals surface area contributed by atoms with Crippen LogP contribution in [0.1, 0.15) is 30.5 Å². The van der Waals surface area contributed by atoms with E-state index in [4.69, 9.17) is 4.74 Å². The van der Waals surface area contributed by atoms with Gasteiger partial charge in [0.15, 0.2) is 5.82 Å². The summed E-state index contributed by atoms with van der Waals surface area (Å²) in [5.74, 6) is 1.79. The maximum atomic E-state index is 5.93. The molecule has 0 aliphatic carbocycles. The molecule has 0 unspecified atom stereocenters. The first-order valence-corrected chi connectivity index (χ1v) is 8.56. The van der Waals surface area contributed by atoms with Gasteiger partial charge in [0.2, 0.25) is 0 Å². The quantitative estimate of drug-likeness (QED) is 0.774. The molecule has 0 saturated carbocycles. The lowest BCUT2D eigenvalue weighted by molar-refractivity contribution is 0.138. The predicted molar refractivity (Wildman–Crippen MR) is 97.7 cm³/mol. The van der Waals surface area contributed by atoms with Gasteiger partial charge in [0.05, 0.1) is 12.7 Å². The molecule has 1 N–H and O–H groups in total. The summed E-state index contributed by atoms with van der Waals surface area (Å²) in [4.78, 5) is 0. The zero-order valence-corrected chi connectivity index (χ0v) is 14.6. The SMILES string of the molecule is CC1(C)Cc2cc(CNc3cn(Cc4ccccc4)nn3)ccc2O1. The Kier molecular flexibility index (Phi) is 3.92. The predicted octanol–water partition coefficient (Wildman–Crippen LogP) is 3.65. The van der Waals surface area contributed by atoms with Crippen LogP contribution >= 0.6 is 0 Å². The molecule has 0 atom stereocenters. The third-order valence-electron chi connectivity index (χ3n) is 4.33. The van der Waals surface area contributed by atoms with E-state index in [0.717, 1.165) is 31.1 Å². The lowest BCUT2D eigenvalue weighted by Crippen LogP contribution is -2.24. The Bertz CT molecular complexity index is 870. The van der Waals surface area contributed by atoms with E-state index in [1.165, 1.54) is 16.7 Å². The number of anilines is 1. The maximum absolute atomic E-state index is 5.93. The molecule has 1 aliphatic heterocycles. The van der Waals surface area contributed by atoms with Gasteiger partial charge in [-0.3, -0.25) is 0 Å². The molecular weight excluding hydrogens is 312 g/mol. The van der Waals surface area contributed by atoms with Crippen LogP contribution in [-0.2, 0) is 19.5 Å². The number of hydrogen-bond acceptors (Lipinski definition) is 4. The normalized spacial score (nSPS) is 14.8. The van der Waals surface area contributed by atoms with Gasteiger partial charge in [-0.15, -0.1) is 5.10 Å². The summed E-state index contributed by atoms with van der Waals surface area (Å²) in [6.07, 6.45) is 2.88. The second-order valence-electron chi connectivity index (χ2n) is 7.12. The van der Waals surface area contributed by atoms with Gasteiger partial charge >= 0.3 is 0 Å². The highest BCUT2D eigenvalue weighted by Crippen LogP contribution is 2.35. The van der Waals surface area contributed by atoms with Crippen LogP contribution in [0.4, 0.5) is 5.82 Å². The fourth-order valence-electron chi connectivity index (χ4n) is 3.19. The lowest BCUT2D eigenvalue weighted by Gasteiger charge is -2.16. The zero-order chi connectivity index (χ0) is 17.3. The van der Waals surface area contributed by atoms with Crippen LogP contribution in [0.3, 0.4) is 0 Å². The summed E-state index contributed by atoms with van der Waals surface area (Å²) in [5, 5.41) is 11.7. The first-order valence-electron chi connectivity index (χ1n) is 8.56. The minimum Gasteiger partial charge on any atom is -0.487 e. The average Bonchev–Trinajstić information content (AvgIpc) is 3.15. The fourth-order valence-corrected chi connectivity index (χ4v) is 3.19. The Balaban J connectivity index is 1.38. The van der Waals surface area contributed by atoms with E-state index in [2.05, 4.69) is 59.8 Å². The molecule has 25 heavy (non-hydrogen) atoms. The Hall–Kier alpha value is -2.82. The molecule has 5 heteroatoms. The molecule has 2 heterocycles. The van der Waals surface area contributed by atoms with E-state index < -0.39 is 0 Å². The Labute approximate surface area is 147 Å². The van der Waals surface area contributed by atoms with Crippen LogP contribution in [0.15, 0.2) is 54.7 Å². The third-order valence-corrected chi connectivity index (χ3v) is 4.33. The van der Waals surface area contributed by atoms with E-state index in [-0.39, 0.29) is 5.60 Å². The minimum absolute atomic E-state index is 0.103. The van der Waals surface area contributed by atoms with Crippen LogP contribution < -0.4 is 10.1 Å².